The number of piperazine rings is 1. The van der Waals surface area contributed by atoms with Gasteiger partial charge < -0.3 is 24.0 Å². The molecule has 0 saturated carbocycles. The highest BCUT2D eigenvalue weighted by molar-refractivity contribution is 6.31. The van der Waals surface area contributed by atoms with Gasteiger partial charge in [-0.3, -0.25) is 4.79 Å². The first-order chi connectivity index (χ1) is 15.4. The third-order valence-electron chi connectivity index (χ3n) is 5.22. The van der Waals surface area contributed by atoms with Crippen LogP contribution < -0.4 is 9.47 Å². The van der Waals surface area contributed by atoms with Gasteiger partial charge in [-0.25, -0.2) is 4.79 Å². The van der Waals surface area contributed by atoms with Crippen LogP contribution in [0.4, 0.5) is 4.79 Å². The number of rotatable bonds is 7. The van der Waals surface area contributed by atoms with E-state index in [2.05, 4.69) is 0 Å². The van der Waals surface area contributed by atoms with Crippen LogP contribution in [0.1, 0.15) is 35.3 Å². The van der Waals surface area contributed by atoms with Crippen LogP contribution in [0.25, 0.3) is 0 Å². The summed E-state index contributed by atoms with van der Waals surface area (Å²) in [5.41, 5.74) is 2.28. The summed E-state index contributed by atoms with van der Waals surface area (Å²) in [4.78, 5) is 28.3. The number of hydrogen-bond acceptors (Lipinski definition) is 5. The Balaban J connectivity index is 1.69. The monoisotopic (exact) mass is 460 g/mol. The van der Waals surface area contributed by atoms with E-state index in [-0.39, 0.29) is 18.6 Å². The standard InChI is InChI=1S/C24H29ClN2O5/c1-4-30-22-9-6-18(15-19(22)16-32-20-7-8-21(25)17(3)14-20)23(28)26-10-12-27(13-11-26)24(29)31-5-2/h6-9,14-15H,4-5,10-13,16H2,1-3H3. The number of aryl methyl sites for hydroxylation is 1. The minimum atomic E-state index is -0.336. The lowest BCUT2D eigenvalue weighted by Gasteiger charge is -2.34. The van der Waals surface area contributed by atoms with Gasteiger partial charge >= 0.3 is 6.09 Å². The first-order valence-electron chi connectivity index (χ1n) is 10.8. The van der Waals surface area contributed by atoms with Crippen molar-refractivity contribution in [3.8, 4) is 11.5 Å². The van der Waals surface area contributed by atoms with Crippen LogP contribution in [0.5, 0.6) is 11.5 Å². The Morgan fingerprint density at radius 1 is 0.938 bits per heavy atom. The third kappa shape index (κ3) is 5.85. The SMILES string of the molecule is CCOC(=O)N1CCN(C(=O)c2ccc(OCC)c(COc3ccc(Cl)c(C)c3)c2)CC1. The fraction of sp³-hybridized carbons (Fsp3) is 0.417. The second-order valence-corrected chi connectivity index (χ2v) is 7.84. The molecule has 0 spiro atoms. The van der Waals surface area contributed by atoms with Crippen LogP contribution in [0, 0.1) is 6.92 Å². The zero-order valence-corrected chi connectivity index (χ0v) is 19.5. The number of ether oxygens (including phenoxy) is 3. The van der Waals surface area contributed by atoms with E-state index in [1.165, 1.54) is 0 Å². The highest BCUT2D eigenvalue weighted by Gasteiger charge is 2.26. The van der Waals surface area contributed by atoms with Crippen LogP contribution in [0.3, 0.4) is 0 Å². The Kier molecular flexibility index (Phi) is 8.22. The van der Waals surface area contributed by atoms with Crippen molar-refractivity contribution in [3.05, 3.63) is 58.1 Å². The van der Waals surface area contributed by atoms with Crippen LogP contribution in [-0.4, -0.2) is 61.2 Å². The highest BCUT2D eigenvalue weighted by Crippen LogP contribution is 2.26. The topological polar surface area (TPSA) is 68.3 Å². The molecule has 1 heterocycles. The van der Waals surface area contributed by atoms with Gasteiger partial charge in [0.25, 0.3) is 5.91 Å². The van der Waals surface area contributed by atoms with E-state index < -0.39 is 0 Å². The maximum Gasteiger partial charge on any atom is 0.409 e. The molecule has 1 fully saturated rings. The van der Waals surface area contributed by atoms with E-state index in [0.29, 0.717) is 61.5 Å². The van der Waals surface area contributed by atoms with Gasteiger partial charge in [0.2, 0.25) is 0 Å². The van der Waals surface area contributed by atoms with E-state index >= 15 is 0 Å². The van der Waals surface area contributed by atoms with Gasteiger partial charge in [0, 0.05) is 42.3 Å². The molecule has 32 heavy (non-hydrogen) atoms. The van der Waals surface area contributed by atoms with Crippen LogP contribution >= 0.6 is 11.6 Å². The molecule has 0 N–H and O–H groups in total. The summed E-state index contributed by atoms with van der Waals surface area (Å²) >= 11 is 6.09. The Labute approximate surface area is 193 Å². The summed E-state index contributed by atoms with van der Waals surface area (Å²) in [7, 11) is 0. The Morgan fingerprint density at radius 2 is 1.66 bits per heavy atom. The van der Waals surface area contributed by atoms with E-state index in [1.807, 2.05) is 32.0 Å². The van der Waals surface area contributed by atoms with Crippen molar-refractivity contribution in [2.75, 3.05) is 39.4 Å². The number of halogens is 1. The molecule has 2 aromatic rings. The van der Waals surface area contributed by atoms with Crippen molar-refractivity contribution in [1.29, 1.82) is 0 Å². The minimum Gasteiger partial charge on any atom is -0.493 e. The molecule has 0 aromatic heterocycles. The van der Waals surface area contributed by atoms with E-state index in [4.69, 9.17) is 25.8 Å². The van der Waals surface area contributed by atoms with Crippen LogP contribution in [0.2, 0.25) is 5.02 Å². The minimum absolute atomic E-state index is 0.0832. The van der Waals surface area contributed by atoms with Crippen LogP contribution in [-0.2, 0) is 11.3 Å². The lowest BCUT2D eigenvalue weighted by molar-refractivity contribution is 0.0570. The maximum atomic E-state index is 13.1. The molecule has 0 radical (unpaired) electrons. The average molecular weight is 461 g/mol. The number of hydrogen-bond donors (Lipinski definition) is 0. The molecule has 0 atom stereocenters. The molecule has 1 saturated heterocycles. The summed E-state index contributed by atoms with van der Waals surface area (Å²) in [6.45, 7) is 8.54. The molecular formula is C24H29ClN2O5. The first-order valence-corrected chi connectivity index (χ1v) is 11.2. The summed E-state index contributed by atoms with van der Waals surface area (Å²) in [6.07, 6.45) is -0.336. The average Bonchev–Trinajstić information content (AvgIpc) is 2.80. The number of amides is 2. The lowest BCUT2D eigenvalue weighted by atomic mass is 10.1. The molecule has 8 heteroatoms. The molecular weight excluding hydrogens is 432 g/mol. The Morgan fingerprint density at radius 3 is 2.31 bits per heavy atom. The number of carbonyl (C=O) groups is 2. The number of carbonyl (C=O) groups excluding carboxylic acids is 2. The molecule has 1 aliphatic heterocycles. The predicted molar refractivity (Wildman–Crippen MR) is 123 cm³/mol. The van der Waals surface area contributed by atoms with E-state index in [0.717, 1.165) is 11.1 Å². The molecule has 3 rings (SSSR count). The zero-order valence-electron chi connectivity index (χ0n) is 18.7. The molecule has 172 valence electrons. The van der Waals surface area contributed by atoms with Gasteiger partial charge in [-0.15, -0.1) is 0 Å². The van der Waals surface area contributed by atoms with Gasteiger partial charge in [-0.05, 0) is 62.7 Å². The van der Waals surface area contributed by atoms with Crippen molar-refractivity contribution in [2.24, 2.45) is 0 Å². The fourth-order valence-corrected chi connectivity index (χ4v) is 3.60. The van der Waals surface area contributed by atoms with Gasteiger partial charge in [0.05, 0.1) is 13.2 Å². The quantitative estimate of drug-likeness (QED) is 0.606. The predicted octanol–water partition coefficient (Wildman–Crippen LogP) is 4.54. The van der Waals surface area contributed by atoms with Gasteiger partial charge in [0.1, 0.15) is 18.1 Å². The van der Waals surface area contributed by atoms with Crippen LogP contribution in [0.15, 0.2) is 36.4 Å². The summed E-state index contributed by atoms with van der Waals surface area (Å²) in [6, 6.07) is 10.9. The number of benzene rings is 2. The number of nitrogens with zero attached hydrogens (tertiary/aromatic N) is 2. The van der Waals surface area contributed by atoms with Crippen molar-refractivity contribution < 1.29 is 23.8 Å². The molecule has 0 unspecified atom stereocenters. The van der Waals surface area contributed by atoms with Gasteiger partial charge in [-0.2, -0.15) is 0 Å². The highest BCUT2D eigenvalue weighted by atomic mass is 35.5. The molecule has 0 bridgehead atoms. The molecule has 2 amide bonds. The molecule has 7 nitrogen and oxygen atoms in total. The first kappa shape index (κ1) is 23.7. The van der Waals surface area contributed by atoms with Crippen molar-refractivity contribution in [3.63, 3.8) is 0 Å². The molecule has 0 aliphatic carbocycles. The van der Waals surface area contributed by atoms with Crippen molar-refractivity contribution >= 4 is 23.6 Å². The summed E-state index contributed by atoms with van der Waals surface area (Å²) in [5, 5.41) is 0.683. The summed E-state index contributed by atoms with van der Waals surface area (Å²) in [5.74, 6) is 1.29. The fourth-order valence-electron chi connectivity index (χ4n) is 3.48. The second kappa shape index (κ2) is 11.1. The van der Waals surface area contributed by atoms with E-state index in [9.17, 15) is 9.59 Å². The smallest absolute Gasteiger partial charge is 0.409 e. The van der Waals surface area contributed by atoms with Crippen molar-refractivity contribution in [2.45, 2.75) is 27.4 Å². The second-order valence-electron chi connectivity index (χ2n) is 7.43. The molecule has 2 aromatic carbocycles. The van der Waals surface area contributed by atoms with Crippen molar-refractivity contribution in [1.82, 2.24) is 9.80 Å². The van der Waals surface area contributed by atoms with Gasteiger partial charge in [0.15, 0.2) is 0 Å². The Bertz CT molecular complexity index is 957. The maximum absolute atomic E-state index is 13.1. The Hall–Kier alpha value is -2.93. The van der Waals surface area contributed by atoms with E-state index in [1.54, 1.807) is 34.9 Å². The molecule has 1 aliphatic rings. The zero-order chi connectivity index (χ0) is 23.1. The summed E-state index contributed by atoms with van der Waals surface area (Å²) < 4.78 is 16.7. The largest absolute Gasteiger partial charge is 0.493 e. The third-order valence-corrected chi connectivity index (χ3v) is 5.65. The lowest BCUT2D eigenvalue weighted by Crippen LogP contribution is -2.50. The normalized spacial score (nSPS) is 13.6. The van der Waals surface area contributed by atoms with Gasteiger partial charge in [-0.1, -0.05) is 11.6 Å².